The van der Waals surface area contributed by atoms with E-state index >= 15 is 0 Å². The molecule has 110 valence electrons. The average Bonchev–Trinajstić information content (AvgIpc) is 2.96. The van der Waals surface area contributed by atoms with Crippen molar-refractivity contribution in [3.63, 3.8) is 0 Å². The van der Waals surface area contributed by atoms with E-state index in [0.717, 1.165) is 11.3 Å². The molecule has 0 aliphatic carbocycles. The zero-order valence-electron chi connectivity index (χ0n) is 11.7. The molecule has 2 N–H and O–H groups in total. The maximum Gasteiger partial charge on any atom is 0.273 e. The largest absolute Gasteiger partial charge is 0.446 e. The first-order valence-electron chi connectivity index (χ1n) is 6.23. The molecule has 7 heteroatoms. The normalized spacial score (nSPS) is 11.1. The van der Waals surface area contributed by atoms with Crippen LogP contribution in [0.4, 0.5) is 5.69 Å². The summed E-state index contributed by atoms with van der Waals surface area (Å²) in [6.45, 7) is 2.25. The van der Waals surface area contributed by atoms with Gasteiger partial charge in [0.15, 0.2) is 0 Å². The lowest BCUT2D eigenvalue weighted by atomic mass is 10.1. The summed E-state index contributed by atoms with van der Waals surface area (Å²) in [5.74, 6) is 0.491. The minimum absolute atomic E-state index is 0.121. The zero-order valence-corrected chi connectivity index (χ0v) is 12.5. The summed E-state index contributed by atoms with van der Waals surface area (Å²) in [6, 6.07) is 10.4. The van der Waals surface area contributed by atoms with E-state index in [-0.39, 0.29) is 5.09 Å². The molecule has 0 radical (unpaired) electrons. The summed E-state index contributed by atoms with van der Waals surface area (Å²) >= 11 is 0. The smallest absolute Gasteiger partial charge is 0.273 e. The molecule has 0 saturated heterocycles. The van der Waals surface area contributed by atoms with Gasteiger partial charge in [0.05, 0.1) is 18.2 Å². The molecule has 1 aromatic carbocycles. The number of hydrogen-bond donors (Lipinski definition) is 2. The van der Waals surface area contributed by atoms with Gasteiger partial charge in [-0.15, -0.1) is 0 Å². The molecule has 21 heavy (non-hydrogen) atoms. The van der Waals surface area contributed by atoms with Crippen LogP contribution in [-0.2, 0) is 16.6 Å². The first-order valence-corrected chi connectivity index (χ1v) is 7.71. The summed E-state index contributed by atoms with van der Waals surface area (Å²) in [5.41, 5.74) is 2.35. The number of nitrogens with zero attached hydrogens (tertiary/aromatic N) is 1. The fourth-order valence-electron chi connectivity index (χ4n) is 1.76. The van der Waals surface area contributed by atoms with Crippen LogP contribution in [0.2, 0.25) is 0 Å². The van der Waals surface area contributed by atoms with Crippen molar-refractivity contribution in [1.82, 2.24) is 4.72 Å². The van der Waals surface area contributed by atoms with Gasteiger partial charge in [0, 0.05) is 5.69 Å². The van der Waals surface area contributed by atoms with Crippen molar-refractivity contribution in [3.8, 4) is 6.07 Å². The number of nitriles is 1. The van der Waals surface area contributed by atoms with Crippen molar-refractivity contribution < 1.29 is 12.8 Å². The third-order valence-corrected chi connectivity index (χ3v) is 4.28. The number of rotatable bonds is 5. The van der Waals surface area contributed by atoms with Crippen molar-refractivity contribution in [3.05, 3.63) is 47.2 Å². The van der Waals surface area contributed by atoms with Gasteiger partial charge in [0.25, 0.3) is 10.0 Å². The number of hydrogen-bond acceptors (Lipinski definition) is 5. The molecule has 0 aliphatic heterocycles. The highest BCUT2D eigenvalue weighted by Gasteiger charge is 2.16. The van der Waals surface area contributed by atoms with E-state index < -0.39 is 10.0 Å². The highest BCUT2D eigenvalue weighted by atomic mass is 32.2. The summed E-state index contributed by atoms with van der Waals surface area (Å²) in [4.78, 5) is 0. The van der Waals surface area contributed by atoms with E-state index in [2.05, 4.69) is 16.1 Å². The predicted molar refractivity (Wildman–Crippen MR) is 78.2 cm³/mol. The van der Waals surface area contributed by atoms with Crippen LogP contribution in [0.3, 0.4) is 0 Å². The second-order valence-electron chi connectivity index (χ2n) is 4.42. The summed E-state index contributed by atoms with van der Waals surface area (Å²) in [5, 5.41) is 11.9. The van der Waals surface area contributed by atoms with Gasteiger partial charge in [0.1, 0.15) is 5.76 Å². The van der Waals surface area contributed by atoms with Gasteiger partial charge in [-0.3, -0.25) is 0 Å². The van der Waals surface area contributed by atoms with E-state index in [4.69, 9.17) is 9.68 Å². The molecule has 0 aliphatic rings. The molecule has 1 aromatic heterocycles. The monoisotopic (exact) mass is 305 g/mol. The van der Waals surface area contributed by atoms with Crippen LogP contribution >= 0.6 is 0 Å². The van der Waals surface area contributed by atoms with Crippen LogP contribution in [0.25, 0.3) is 0 Å². The molecule has 0 spiro atoms. The van der Waals surface area contributed by atoms with E-state index in [0.29, 0.717) is 17.9 Å². The maximum atomic E-state index is 11.6. The van der Waals surface area contributed by atoms with Crippen LogP contribution in [-0.4, -0.2) is 15.5 Å². The van der Waals surface area contributed by atoms with Crippen molar-refractivity contribution in [1.29, 1.82) is 5.26 Å². The fraction of sp³-hybridized carbons (Fsp3) is 0.214. The third kappa shape index (κ3) is 3.42. The van der Waals surface area contributed by atoms with Crippen molar-refractivity contribution in [2.24, 2.45) is 0 Å². The Morgan fingerprint density at radius 3 is 2.71 bits per heavy atom. The first kappa shape index (κ1) is 15.1. The van der Waals surface area contributed by atoms with Gasteiger partial charge in [-0.25, -0.2) is 13.1 Å². The first-order chi connectivity index (χ1) is 9.96. The van der Waals surface area contributed by atoms with Crippen molar-refractivity contribution in [2.45, 2.75) is 18.6 Å². The number of furan rings is 1. The summed E-state index contributed by atoms with van der Waals surface area (Å²) in [6.07, 6.45) is 0. The molecular weight excluding hydrogens is 290 g/mol. The van der Waals surface area contributed by atoms with Crippen LogP contribution < -0.4 is 10.0 Å². The van der Waals surface area contributed by atoms with E-state index in [1.807, 2.05) is 13.0 Å². The van der Waals surface area contributed by atoms with Gasteiger partial charge in [-0.2, -0.15) is 5.26 Å². The van der Waals surface area contributed by atoms with E-state index in [9.17, 15) is 8.42 Å². The number of aryl methyl sites for hydroxylation is 1. The SMILES string of the molecule is CNS(=O)(=O)c1ccc(CNc2cc(C#N)ccc2C)o1. The standard InChI is InChI=1S/C14H15N3O3S/c1-10-3-4-11(8-15)7-13(10)17-9-12-5-6-14(20-12)21(18,19)16-2/h3-7,16-17H,9H2,1-2H3. The second kappa shape index (κ2) is 5.99. The quantitative estimate of drug-likeness (QED) is 0.880. The molecule has 1 heterocycles. The minimum Gasteiger partial charge on any atom is -0.446 e. The van der Waals surface area contributed by atoms with Crippen LogP contribution in [0.15, 0.2) is 39.8 Å². The van der Waals surface area contributed by atoms with Gasteiger partial charge in [-0.1, -0.05) is 6.07 Å². The number of anilines is 1. The van der Waals surface area contributed by atoms with Crippen molar-refractivity contribution >= 4 is 15.7 Å². The Bertz CT molecular complexity index is 788. The van der Waals surface area contributed by atoms with Crippen molar-refractivity contribution in [2.75, 3.05) is 12.4 Å². The Kier molecular flexibility index (Phi) is 4.31. The van der Waals surface area contributed by atoms with Gasteiger partial charge in [-0.05, 0) is 43.8 Å². The maximum absolute atomic E-state index is 11.6. The third-order valence-electron chi connectivity index (χ3n) is 2.99. The Labute approximate surface area is 123 Å². The molecule has 0 bridgehead atoms. The summed E-state index contributed by atoms with van der Waals surface area (Å²) < 4.78 is 30.6. The Morgan fingerprint density at radius 1 is 1.29 bits per heavy atom. The Balaban J connectivity index is 2.13. The van der Waals surface area contributed by atoms with Gasteiger partial charge < -0.3 is 9.73 Å². The Hall–Kier alpha value is -2.30. The van der Waals surface area contributed by atoms with Gasteiger partial charge >= 0.3 is 0 Å². The lowest BCUT2D eigenvalue weighted by Gasteiger charge is -2.08. The van der Waals surface area contributed by atoms with Crippen LogP contribution in [0, 0.1) is 18.3 Å². The molecule has 0 atom stereocenters. The molecule has 0 amide bonds. The molecule has 2 rings (SSSR count). The fourth-order valence-corrected chi connectivity index (χ4v) is 2.43. The highest BCUT2D eigenvalue weighted by Crippen LogP contribution is 2.19. The number of nitrogens with one attached hydrogen (secondary N) is 2. The predicted octanol–water partition coefficient (Wildman–Crippen LogP) is 1.98. The zero-order chi connectivity index (χ0) is 15.5. The molecule has 2 aromatic rings. The Morgan fingerprint density at radius 2 is 2.05 bits per heavy atom. The molecular formula is C14H15N3O3S. The van der Waals surface area contributed by atoms with E-state index in [1.54, 1.807) is 18.2 Å². The molecule has 0 saturated carbocycles. The lowest BCUT2D eigenvalue weighted by molar-refractivity contribution is 0.417. The average molecular weight is 305 g/mol. The highest BCUT2D eigenvalue weighted by molar-refractivity contribution is 7.89. The molecule has 6 nitrogen and oxygen atoms in total. The van der Waals surface area contributed by atoms with E-state index in [1.165, 1.54) is 13.1 Å². The second-order valence-corrected chi connectivity index (χ2v) is 6.24. The molecule has 0 unspecified atom stereocenters. The minimum atomic E-state index is -3.57. The topological polar surface area (TPSA) is 95.1 Å². The van der Waals surface area contributed by atoms with Gasteiger partial charge in [0.2, 0.25) is 5.09 Å². The van der Waals surface area contributed by atoms with Crippen LogP contribution in [0.1, 0.15) is 16.9 Å². The molecule has 0 fully saturated rings. The van der Waals surface area contributed by atoms with Crippen LogP contribution in [0.5, 0.6) is 0 Å². The number of sulfonamides is 1. The lowest BCUT2D eigenvalue weighted by Crippen LogP contribution is -2.17. The number of benzene rings is 1. The summed E-state index contributed by atoms with van der Waals surface area (Å²) in [7, 11) is -2.24.